The zero-order chi connectivity index (χ0) is 15.3. The Hall–Kier alpha value is -0.220. The molecule has 1 fully saturated rings. The molecule has 1 saturated carbocycles. The van der Waals surface area contributed by atoms with E-state index in [0.29, 0.717) is 17.7 Å². The average molecular weight is 316 g/mol. The summed E-state index contributed by atoms with van der Waals surface area (Å²) in [6.07, 6.45) is 14.1. The van der Waals surface area contributed by atoms with E-state index < -0.39 is 0 Å². The van der Waals surface area contributed by atoms with E-state index in [0.717, 1.165) is 5.75 Å². The molecule has 0 spiro atoms. The number of ether oxygens (including phenoxy) is 1. The zero-order valence-corrected chi connectivity index (χ0v) is 14.7. The molecule has 0 heterocycles. The Kier molecular flexibility index (Phi) is 11.1. The third kappa shape index (κ3) is 8.72. The van der Waals surface area contributed by atoms with Gasteiger partial charge in [-0.25, -0.2) is 0 Å². The molecule has 21 heavy (non-hydrogen) atoms. The zero-order valence-electron chi connectivity index (χ0n) is 13.9. The molecule has 0 bridgehead atoms. The first-order valence-corrected chi connectivity index (χ1v) is 9.68. The summed E-state index contributed by atoms with van der Waals surface area (Å²) in [5.41, 5.74) is 0. The number of thioether (sulfide) groups is 1. The molecule has 0 aromatic heterocycles. The van der Waals surface area contributed by atoms with E-state index in [4.69, 9.17) is 4.74 Å². The number of hydrogen-bond donors (Lipinski definition) is 1. The molecule has 0 radical (unpaired) electrons. The fourth-order valence-corrected chi connectivity index (χ4v) is 4.51. The van der Waals surface area contributed by atoms with Crippen molar-refractivity contribution in [3.05, 3.63) is 0 Å². The van der Waals surface area contributed by atoms with E-state index in [1.165, 1.54) is 71.3 Å². The smallest absolute Gasteiger partial charge is 0.306 e. The van der Waals surface area contributed by atoms with E-state index in [1.54, 1.807) is 0 Å². The lowest BCUT2D eigenvalue weighted by Crippen LogP contribution is -2.36. The van der Waals surface area contributed by atoms with Gasteiger partial charge in [-0.2, -0.15) is 11.8 Å². The fraction of sp³-hybridized carbons (Fsp3) is 0.941. The first kappa shape index (κ1) is 18.8. The molecule has 4 heteroatoms. The Labute approximate surface area is 135 Å². The minimum atomic E-state index is -0.0864. The Morgan fingerprint density at radius 2 is 1.62 bits per heavy atom. The van der Waals surface area contributed by atoms with Crippen LogP contribution in [0.2, 0.25) is 0 Å². The largest absolute Gasteiger partial charge is 0.469 e. The van der Waals surface area contributed by atoms with Gasteiger partial charge in [0.05, 0.1) is 13.5 Å². The maximum Gasteiger partial charge on any atom is 0.306 e. The number of carbonyl (C=O) groups excluding carboxylic acids is 1. The Balaban J connectivity index is 2.43. The molecular weight excluding hydrogens is 282 g/mol. The topological polar surface area (TPSA) is 38.3 Å². The summed E-state index contributed by atoms with van der Waals surface area (Å²) in [4.78, 5) is 11.3. The second-order valence-electron chi connectivity index (χ2n) is 6.04. The maximum atomic E-state index is 11.3. The van der Waals surface area contributed by atoms with Crippen LogP contribution in [0.25, 0.3) is 0 Å². The second kappa shape index (κ2) is 12.3. The van der Waals surface area contributed by atoms with Gasteiger partial charge < -0.3 is 10.1 Å². The van der Waals surface area contributed by atoms with Crippen LogP contribution in [0, 0.1) is 0 Å². The van der Waals surface area contributed by atoms with Gasteiger partial charge in [0.25, 0.3) is 0 Å². The van der Waals surface area contributed by atoms with Crippen LogP contribution >= 0.6 is 11.8 Å². The molecule has 1 aliphatic carbocycles. The molecule has 0 aromatic rings. The van der Waals surface area contributed by atoms with Gasteiger partial charge in [0.1, 0.15) is 0 Å². The minimum absolute atomic E-state index is 0.0864. The van der Waals surface area contributed by atoms with Crippen LogP contribution in [0.15, 0.2) is 0 Å². The van der Waals surface area contributed by atoms with Crippen LogP contribution in [-0.2, 0) is 9.53 Å². The number of rotatable bonds is 5. The highest BCUT2D eigenvalue weighted by Gasteiger charge is 2.20. The van der Waals surface area contributed by atoms with Crippen molar-refractivity contribution in [2.24, 2.45) is 0 Å². The molecule has 1 rings (SSSR count). The van der Waals surface area contributed by atoms with E-state index in [-0.39, 0.29) is 5.97 Å². The molecular formula is C17H33NO2S. The van der Waals surface area contributed by atoms with Gasteiger partial charge in [0.2, 0.25) is 0 Å². The Morgan fingerprint density at radius 1 is 1.05 bits per heavy atom. The van der Waals surface area contributed by atoms with Crippen molar-refractivity contribution in [1.29, 1.82) is 0 Å². The average Bonchev–Trinajstić information content (AvgIpc) is 2.49. The van der Waals surface area contributed by atoms with Crippen molar-refractivity contribution in [3.63, 3.8) is 0 Å². The van der Waals surface area contributed by atoms with Crippen LogP contribution in [0.5, 0.6) is 0 Å². The molecule has 0 aliphatic heterocycles. The van der Waals surface area contributed by atoms with E-state index >= 15 is 0 Å². The number of hydrogen-bond acceptors (Lipinski definition) is 4. The lowest BCUT2D eigenvalue weighted by Gasteiger charge is -2.27. The molecule has 0 aromatic carbocycles. The molecule has 2 atom stereocenters. The van der Waals surface area contributed by atoms with Gasteiger partial charge >= 0.3 is 5.97 Å². The first-order chi connectivity index (χ1) is 10.3. The lowest BCUT2D eigenvalue weighted by atomic mass is 9.97. The van der Waals surface area contributed by atoms with Gasteiger partial charge in [-0.3, -0.25) is 4.79 Å². The molecule has 3 nitrogen and oxygen atoms in total. The highest BCUT2D eigenvalue weighted by molar-refractivity contribution is 7.99. The van der Waals surface area contributed by atoms with Crippen LogP contribution in [0.3, 0.4) is 0 Å². The van der Waals surface area contributed by atoms with Gasteiger partial charge in [-0.15, -0.1) is 0 Å². The van der Waals surface area contributed by atoms with Gasteiger partial charge in [-0.05, 0) is 19.9 Å². The minimum Gasteiger partial charge on any atom is -0.469 e. The molecule has 1 N–H and O–H groups in total. The fourth-order valence-electron chi connectivity index (χ4n) is 3.08. The van der Waals surface area contributed by atoms with Crippen molar-refractivity contribution in [1.82, 2.24) is 5.32 Å². The van der Waals surface area contributed by atoms with Gasteiger partial charge in [0.15, 0.2) is 0 Å². The summed E-state index contributed by atoms with van der Waals surface area (Å²) in [7, 11) is 3.56. The highest BCUT2D eigenvalue weighted by Crippen LogP contribution is 2.26. The predicted molar refractivity (Wildman–Crippen MR) is 91.9 cm³/mol. The number of carbonyl (C=O) groups is 1. The van der Waals surface area contributed by atoms with Crippen molar-refractivity contribution in [2.75, 3.05) is 19.9 Å². The summed E-state index contributed by atoms with van der Waals surface area (Å²) in [6, 6.07) is 0.590. The van der Waals surface area contributed by atoms with E-state index in [9.17, 15) is 4.79 Å². The summed E-state index contributed by atoms with van der Waals surface area (Å²) in [5, 5.41) is 4.16. The first-order valence-electron chi connectivity index (χ1n) is 8.63. The summed E-state index contributed by atoms with van der Waals surface area (Å²) < 4.78 is 4.74. The van der Waals surface area contributed by atoms with Crippen molar-refractivity contribution < 1.29 is 9.53 Å². The van der Waals surface area contributed by atoms with Crippen LogP contribution < -0.4 is 5.32 Å². The molecule has 124 valence electrons. The van der Waals surface area contributed by atoms with Crippen LogP contribution in [0.1, 0.15) is 70.6 Å². The number of nitrogens with one attached hydrogen (secondary N) is 1. The van der Waals surface area contributed by atoms with Gasteiger partial charge in [-0.1, -0.05) is 51.4 Å². The standard InChI is InChI=1S/C17H33NO2S/c1-18-15-11-9-7-5-3-4-6-8-10-12-16(15)21-14-13-17(19)20-2/h15-16,18H,3-14H2,1-2H3. The van der Waals surface area contributed by atoms with Crippen LogP contribution in [0.4, 0.5) is 0 Å². The summed E-state index contributed by atoms with van der Waals surface area (Å²) in [5.74, 6) is 0.798. The molecule has 1 aliphatic rings. The third-order valence-electron chi connectivity index (χ3n) is 4.44. The number of methoxy groups -OCH3 is 1. The quantitative estimate of drug-likeness (QED) is 0.773. The maximum absolute atomic E-state index is 11.3. The summed E-state index contributed by atoms with van der Waals surface area (Å²) in [6.45, 7) is 0. The normalized spacial score (nSPS) is 25.6. The third-order valence-corrected chi connectivity index (χ3v) is 5.87. The van der Waals surface area contributed by atoms with Gasteiger partial charge in [0, 0.05) is 17.0 Å². The highest BCUT2D eigenvalue weighted by atomic mass is 32.2. The SMILES string of the molecule is CNC1CCCCCCCCCCC1SCCC(=O)OC. The van der Waals surface area contributed by atoms with Crippen molar-refractivity contribution >= 4 is 17.7 Å². The monoisotopic (exact) mass is 315 g/mol. The Bertz CT molecular complexity index is 274. The molecule has 0 saturated heterocycles. The lowest BCUT2D eigenvalue weighted by molar-refractivity contribution is -0.140. The van der Waals surface area contributed by atoms with E-state index in [1.807, 2.05) is 11.8 Å². The molecule has 0 amide bonds. The molecule has 2 unspecified atom stereocenters. The second-order valence-corrected chi connectivity index (χ2v) is 7.38. The predicted octanol–water partition coefficient (Wildman–Crippen LogP) is 4.15. The number of esters is 1. The summed E-state index contributed by atoms with van der Waals surface area (Å²) >= 11 is 1.96. The van der Waals surface area contributed by atoms with Crippen molar-refractivity contribution in [2.45, 2.75) is 81.9 Å². The Morgan fingerprint density at radius 3 is 2.19 bits per heavy atom. The van der Waals surface area contributed by atoms with Crippen LogP contribution in [-0.4, -0.2) is 37.2 Å². The van der Waals surface area contributed by atoms with E-state index in [2.05, 4.69) is 12.4 Å². The van der Waals surface area contributed by atoms with Crippen molar-refractivity contribution in [3.8, 4) is 0 Å².